The van der Waals surface area contributed by atoms with Crippen molar-refractivity contribution in [3.05, 3.63) is 55.1 Å². The Morgan fingerprint density at radius 1 is 1.40 bits per heavy atom. The largest absolute Gasteiger partial charge is 0.309 e. The molecular formula is C16H19BrClNS. The molecule has 0 spiro atoms. The number of rotatable bonds is 6. The predicted molar refractivity (Wildman–Crippen MR) is 92.9 cm³/mol. The first-order chi connectivity index (χ1) is 9.61. The van der Waals surface area contributed by atoms with Gasteiger partial charge < -0.3 is 5.32 Å². The normalized spacial score (nSPS) is 12.6. The van der Waals surface area contributed by atoms with Gasteiger partial charge in [-0.25, -0.2) is 0 Å². The molecule has 1 aromatic heterocycles. The molecule has 1 aromatic carbocycles. The molecule has 0 fully saturated rings. The number of thiophene rings is 1. The maximum Gasteiger partial charge on any atom is 0.0590 e. The van der Waals surface area contributed by atoms with Crippen LogP contribution < -0.4 is 5.32 Å². The SMILES string of the molecule is CCCNC(Cc1cccc(Br)c1)c1scc(C)c1Cl. The first-order valence-electron chi connectivity index (χ1n) is 6.83. The molecule has 108 valence electrons. The summed E-state index contributed by atoms with van der Waals surface area (Å²) in [4.78, 5) is 1.25. The van der Waals surface area contributed by atoms with E-state index >= 15 is 0 Å². The van der Waals surface area contributed by atoms with Crippen molar-refractivity contribution < 1.29 is 0 Å². The Kier molecular flexibility index (Phi) is 6.09. The van der Waals surface area contributed by atoms with Gasteiger partial charge in [-0.05, 0) is 54.9 Å². The molecule has 1 unspecified atom stereocenters. The quantitative estimate of drug-likeness (QED) is 0.680. The fourth-order valence-electron chi connectivity index (χ4n) is 2.16. The lowest BCUT2D eigenvalue weighted by atomic mass is 10.0. The Morgan fingerprint density at radius 2 is 2.20 bits per heavy atom. The molecule has 0 aliphatic carbocycles. The van der Waals surface area contributed by atoms with E-state index in [1.807, 2.05) is 0 Å². The van der Waals surface area contributed by atoms with Gasteiger partial charge in [0.05, 0.1) is 5.02 Å². The third-order valence-electron chi connectivity index (χ3n) is 3.21. The van der Waals surface area contributed by atoms with Gasteiger partial charge in [-0.2, -0.15) is 0 Å². The first kappa shape index (κ1) is 16.0. The third-order valence-corrected chi connectivity index (χ3v) is 5.53. The van der Waals surface area contributed by atoms with Crippen LogP contribution in [0.25, 0.3) is 0 Å². The molecule has 2 aromatic rings. The van der Waals surface area contributed by atoms with Gasteiger partial charge in [-0.1, -0.05) is 46.6 Å². The smallest absolute Gasteiger partial charge is 0.0590 e. The molecule has 0 saturated carbocycles. The standard InChI is InChI=1S/C16H19BrClNS/c1-3-7-19-14(16-15(18)11(2)10-20-16)9-12-5-4-6-13(17)8-12/h4-6,8,10,14,19H,3,7,9H2,1-2H3. The minimum absolute atomic E-state index is 0.287. The number of halogens is 2. The lowest BCUT2D eigenvalue weighted by Gasteiger charge is -2.18. The molecule has 0 radical (unpaired) electrons. The van der Waals surface area contributed by atoms with E-state index in [9.17, 15) is 0 Å². The second kappa shape index (κ2) is 7.60. The van der Waals surface area contributed by atoms with Gasteiger partial charge in [0, 0.05) is 15.4 Å². The topological polar surface area (TPSA) is 12.0 Å². The van der Waals surface area contributed by atoms with Gasteiger partial charge in [0.2, 0.25) is 0 Å². The minimum Gasteiger partial charge on any atom is -0.309 e. The molecule has 1 N–H and O–H groups in total. The van der Waals surface area contributed by atoms with Crippen molar-refractivity contribution in [3.63, 3.8) is 0 Å². The highest BCUT2D eigenvalue weighted by molar-refractivity contribution is 9.10. The maximum atomic E-state index is 6.44. The van der Waals surface area contributed by atoms with E-state index in [1.54, 1.807) is 11.3 Å². The van der Waals surface area contributed by atoms with Gasteiger partial charge >= 0.3 is 0 Å². The fourth-order valence-corrected chi connectivity index (χ4v) is 4.01. The number of benzene rings is 1. The Labute approximate surface area is 138 Å². The summed E-state index contributed by atoms with van der Waals surface area (Å²) in [5.74, 6) is 0. The molecule has 0 amide bonds. The van der Waals surface area contributed by atoms with Crippen molar-refractivity contribution in [1.82, 2.24) is 5.32 Å². The highest BCUT2D eigenvalue weighted by Gasteiger charge is 2.18. The Balaban J connectivity index is 2.21. The minimum atomic E-state index is 0.287. The zero-order valence-corrected chi connectivity index (χ0v) is 14.9. The monoisotopic (exact) mass is 371 g/mol. The van der Waals surface area contributed by atoms with Crippen LogP contribution in [-0.2, 0) is 6.42 Å². The summed E-state index contributed by atoms with van der Waals surface area (Å²) in [6.45, 7) is 5.26. The average Bonchev–Trinajstić information content (AvgIpc) is 2.75. The summed E-state index contributed by atoms with van der Waals surface area (Å²) in [6.07, 6.45) is 2.08. The molecule has 2 rings (SSSR count). The third kappa shape index (κ3) is 4.08. The molecule has 1 atom stereocenters. The Morgan fingerprint density at radius 3 is 2.80 bits per heavy atom. The fraction of sp³-hybridized carbons (Fsp3) is 0.375. The van der Waals surface area contributed by atoms with Crippen LogP contribution in [0.1, 0.15) is 35.4 Å². The van der Waals surface area contributed by atoms with Crippen LogP contribution in [-0.4, -0.2) is 6.54 Å². The summed E-state index contributed by atoms with van der Waals surface area (Å²) in [6, 6.07) is 8.77. The number of hydrogen-bond acceptors (Lipinski definition) is 2. The van der Waals surface area contributed by atoms with Crippen molar-refractivity contribution in [2.75, 3.05) is 6.54 Å². The van der Waals surface area contributed by atoms with E-state index in [4.69, 9.17) is 11.6 Å². The molecule has 0 bridgehead atoms. The molecule has 0 aliphatic rings. The summed E-state index contributed by atoms with van der Waals surface area (Å²) < 4.78 is 1.12. The van der Waals surface area contributed by atoms with Crippen LogP contribution in [0.5, 0.6) is 0 Å². The first-order valence-corrected chi connectivity index (χ1v) is 8.88. The second-order valence-electron chi connectivity index (χ2n) is 4.94. The lowest BCUT2D eigenvalue weighted by molar-refractivity contribution is 0.536. The summed E-state index contributed by atoms with van der Waals surface area (Å²) in [5, 5.41) is 6.67. The molecule has 4 heteroatoms. The van der Waals surface area contributed by atoms with Crippen LogP contribution in [0.3, 0.4) is 0 Å². The molecule has 1 heterocycles. The van der Waals surface area contributed by atoms with E-state index in [1.165, 1.54) is 16.0 Å². The van der Waals surface area contributed by atoms with E-state index in [0.29, 0.717) is 0 Å². The number of hydrogen-bond donors (Lipinski definition) is 1. The van der Waals surface area contributed by atoms with Gasteiger partial charge in [0.25, 0.3) is 0 Å². The van der Waals surface area contributed by atoms with Crippen molar-refractivity contribution in [2.45, 2.75) is 32.7 Å². The summed E-state index contributed by atoms with van der Waals surface area (Å²) in [5.41, 5.74) is 2.49. The van der Waals surface area contributed by atoms with Crippen molar-refractivity contribution in [1.29, 1.82) is 0 Å². The van der Waals surface area contributed by atoms with E-state index in [0.717, 1.165) is 28.9 Å². The van der Waals surface area contributed by atoms with Crippen LogP contribution in [0.2, 0.25) is 5.02 Å². The van der Waals surface area contributed by atoms with Crippen LogP contribution >= 0.6 is 38.9 Å². The summed E-state index contributed by atoms with van der Waals surface area (Å²) >= 11 is 11.7. The number of nitrogens with one attached hydrogen (secondary N) is 1. The maximum absolute atomic E-state index is 6.44. The molecule has 0 saturated heterocycles. The predicted octanol–water partition coefficient (Wildman–Crippen LogP) is 5.76. The van der Waals surface area contributed by atoms with E-state index in [-0.39, 0.29) is 6.04 Å². The van der Waals surface area contributed by atoms with Crippen molar-refractivity contribution in [3.8, 4) is 0 Å². The molecule has 1 nitrogen and oxygen atoms in total. The Bertz CT molecular complexity index is 567. The molecule has 20 heavy (non-hydrogen) atoms. The van der Waals surface area contributed by atoms with Gasteiger partial charge in [0.15, 0.2) is 0 Å². The zero-order chi connectivity index (χ0) is 14.5. The lowest BCUT2D eigenvalue weighted by Crippen LogP contribution is -2.23. The van der Waals surface area contributed by atoms with Crippen molar-refractivity contribution in [2.24, 2.45) is 0 Å². The second-order valence-corrected chi connectivity index (χ2v) is 7.14. The van der Waals surface area contributed by atoms with Crippen LogP contribution in [0, 0.1) is 6.92 Å². The highest BCUT2D eigenvalue weighted by atomic mass is 79.9. The molecular weight excluding hydrogens is 354 g/mol. The van der Waals surface area contributed by atoms with E-state index < -0.39 is 0 Å². The number of aryl methyl sites for hydroxylation is 1. The van der Waals surface area contributed by atoms with E-state index in [2.05, 4.69) is 64.7 Å². The Hall–Kier alpha value is -0.350. The van der Waals surface area contributed by atoms with Crippen LogP contribution in [0.4, 0.5) is 0 Å². The van der Waals surface area contributed by atoms with Crippen molar-refractivity contribution >= 4 is 38.9 Å². The van der Waals surface area contributed by atoms with Gasteiger partial charge in [-0.3, -0.25) is 0 Å². The highest BCUT2D eigenvalue weighted by Crippen LogP contribution is 2.34. The zero-order valence-electron chi connectivity index (χ0n) is 11.7. The van der Waals surface area contributed by atoms with Crippen LogP contribution in [0.15, 0.2) is 34.1 Å². The van der Waals surface area contributed by atoms with Gasteiger partial charge in [0.1, 0.15) is 0 Å². The average molecular weight is 373 g/mol. The van der Waals surface area contributed by atoms with Gasteiger partial charge in [-0.15, -0.1) is 11.3 Å². The summed E-state index contributed by atoms with van der Waals surface area (Å²) in [7, 11) is 0. The molecule has 0 aliphatic heterocycles.